The number of ether oxygens (including phenoxy) is 1. The number of methoxy groups -OCH3 is 1. The molecule has 8 nitrogen and oxygen atoms in total. The minimum Gasteiger partial charge on any atom is -0.494 e. The summed E-state index contributed by atoms with van der Waals surface area (Å²) in [6.45, 7) is 1.48. The monoisotopic (exact) mass is 668 g/mol. The average molecular weight is 669 g/mol. The Balaban J connectivity index is 1.47. The van der Waals surface area contributed by atoms with Gasteiger partial charge in [-0.15, -0.1) is 0 Å². The maximum atomic E-state index is 16.4. The van der Waals surface area contributed by atoms with Crippen LogP contribution in [0.1, 0.15) is 59.9 Å². The van der Waals surface area contributed by atoms with Crippen molar-refractivity contribution in [2.45, 2.75) is 43.9 Å². The van der Waals surface area contributed by atoms with Crippen LogP contribution < -0.4 is 10.1 Å². The highest BCUT2D eigenvalue weighted by atomic mass is 35.5. The van der Waals surface area contributed by atoms with Gasteiger partial charge in [0.15, 0.2) is 17.2 Å². The molecular weight excluding hydrogens is 640 g/mol. The number of aromatic nitrogens is 3. The van der Waals surface area contributed by atoms with Crippen molar-refractivity contribution >= 4 is 28.4 Å². The van der Waals surface area contributed by atoms with Gasteiger partial charge in [0.2, 0.25) is 0 Å². The Morgan fingerprint density at radius 1 is 1.04 bits per heavy atom. The first-order chi connectivity index (χ1) is 22.2. The maximum absolute atomic E-state index is 16.4. The first-order valence-electron chi connectivity index (χ1n) is 14.6. The lowest BCUT2D eigenvalue weighted by molar-refractivity contribution is 0.0557. The highest BCUT2D eigenvalue weighted by Gasteiger charge is 2.42. The Bertz CT molecular complexity index is 2030. The average Bonchev–Trinajstić information content (AvgIpc) is 3.79. The molecule has 1 amide bonds. The fraction of sp³-hybridized carbons (Fsp3) is 0.265. The fourth-order valence-electron chi connectivity index (χ4n) is 5.52. The van der Waals surface area contributed by atoms with Crippen LogP contribution >= 0.6 is 11.6 Å². The lowest BCUT2D eigenvalue weighted by Gasteiger charge is -2.32. The SMILES string of the molecule is COc1cc(C(=O)NC[C@@](O)(c2ccccc2)c2nc(-c3cc(Cl)c(F)cc3F)c(F)c(C(C)(C)O)c2F)cc2cn(C3CC3)nc12. The Kier molecular flexibility index (Phi) is 8.23. The molecule has 1 aliphatic rings. The number of fused-ring (bicyclic) bond motifs is 1. The number of hydrogen-bond donors (Lipinski definition) is 3. The van der Waals surface area contributed by atoms with Crippen LogP contribution in [-0.2, 0) is 11.2 Å². The molecule has 2 aromatic heterocycles. The Labute approximate surface area is 271 Å². The number of hydrogen-bond acceptors (Lipinski definition) is 6. The number of nitrogens with zero attached hydrogens (tertiary/aromatic N) is 3. The van der Waals surface area contributed by atoms with Gasteiger partial charge >= 0.3 is 0 Å². The summed E-state index contributed by atoms with van der Waals surface area (Å²) in [5.41, 5.74) is -7.25. The van der Waals surface area contributed by atoms with E-state index in [1.165, 1.54) is 37.4 Å². The van der Waals surface area contributed by atoms with Crippen LogP contribution in [0.2, 0.25) is 5.02 Å². The fourth-order valence-corrected chi connectivity index (χ4v) is 5.68. The van der Waals surface area contributed by atoms with Gasteiger partial charge in [-0.25, -0.2) is 22.5 Å². The molecular formula is C34H29ClF4N4O4. The van der Waals surface area contributed by atoms with E-state index in [0.29, 0.717) is 22.7 Å². The van der Waals surface area contributed by atoms with Gasteiger partial charge in [0.1, 0.15) is 34.3 Å². The van der Waals surface area contributed by atoms with Gasteiger partial charge in [0, 0.05) is 28.8 Å². The van der Waals surface area contributed by atoms with Crippen LogP contribution in [0, 0.1) is 23.3 Å². The van der Waals surface area contributed by atoms with E-state index in [1.807, 2.05) is 10.9 Å². The van der Waals surface area contributed by atoms with E-state index in [2.05, 4.69) is 15.4 Å². The number of pyridine rings is 1. The van der Waals surface area contributed by atoms with Gasteiger partial charge in [-0.2, -0.15) is 5.10 Å². The van der Waals surface area contributed by atoms with E-state index >= 15 is 13.2 Å². The summed E-state index contributed by atoms with van der Waals surface area (Å²) in [6.07, 6.45) is 3.80. The standard InChI is InChI=1S/C34H29ClF4N4O4/c1-33(2,45)26-27(38)30(21-13-22(35)24(37)14-23(21)36)41-31(28(26)39)34(46,19-7-5-4-6-8-19)16-40-32(44)17-11-18-15-43(20-9-10-20)42-29(18)25(12-17)47-3/h4-8,11-15,20,45-46H,9-10,16H2,1-3H3,(H,40,44)/t34-/m1/s1. The molecule has 244 valence electrons. The molecule has 0 spiro atoms. The normalized spacial score (nSPS) is 14.7. The third-order valence-corrected chi connectivity index (χ3v) is 8.39. The summed E-state index contributed by atoms with van der Waals surface area (Å²) in [5.74, 6) is -5.63. The van der Waals surface area contributed by atoms with Crippen molar-refractivity contribution in [1.82, 2.24) is 20.1 Å². The number of halogens is 5. The third-order valence-electron chi connectivity index (χ3n) is 8.10. The molecule has 1 fully saturated rings. The molecule has 13 heteroatoms. The molecule has 47 heavy (non-hydrogen) atoms. The van der Waals surface area contributed by atoms with Crippen LogP contribution in [0.5, 0.6) is 5.75 Å². The lowest BCUT2D eigenvalue weighted by Crippen LogP contribution is -2.43. The van der Waals surface area contributed by atoms with Crippen LogP contribution in [0.25, 0.3) is 22.2 Å². The second-order valence-electron chi connectivity index (χ2n) is 12.0. The minimum absolute atomic E-state index is 0.0299. The number of carbonyl (C=O) groups is 1. The summed E-state index contributed by atoms with van der Waals surface area (Å²) in [4.78, 5) is 17.6. The molecule has 3 aromatic carbocycles. The molecule has 2 heterocycles. The highest BCUT2D eigenvalue weighted by Crippen LogP contribution is 2.40. The van der Waals surface area contributed by atoms with E-state index in [9.17, 15) is 19.4 Å². The zero-order chi connectivity index (χ0) is 33.8. The van der Waals surface area contributed by atoms with Crippen LogP contribution in [0.4, 0.5) is 17.6 Å². The molecule has 5 aromatic rings. The van der Waals surface area contributed by atoms with Gasteiger partial charge in [-0.05, 0) is 50.5 Å². The third kappa shape index (κ3) is 5.92. The largest absolute Gasteiger partial charge is 0.494 e. The Hall–Kier alpha value is -4.52. The van der Waals surface area contributed by atoms with Gasteiger partial charge < -0.3 is 20.3 Å². The number of nitrogens with one attached hydrogen (secondary N) is 1. The predicted octanol–water partition coefficient (Wildman–Crippen LogP) is 6.54. The predicted molar refractivity (Wildman–Crippen MR) is 166 cm³/mol. The number of amides is 1. The molecule has 0 unspecified atom stereocenters. The van der Waals surface area contributed by atoms with Crippen molar-refractivity contribution in [2.75, 3.05) is 13.7 Å². The molecule has 6 rings (SSSR count). The maximum Gasteiger partial charge on any atom is 0.251 e. The smallest absolute Gasteiger partial charge is 0.251 e. The lowest BCUT2D eigenvalue weighted by atomic mass is 9.85. The second kappa shape index (κ2) is 11.9. The van der Waals surface area contributed by atoms with Crippen molar-refractivity contribution in [3.63, 3.8) is 0 Å². The van der Waals surface area contributed by atoms with Crippen molar-refractivity contribution in [3.8, 4) is 17.0 Å². The van der Waals surface area contributed by atoms with Gasteiger partial charge in [0.05, 0.1) is 35.9 Å². The molecule has 1 atom stereocenters. The molecule has 0 aliphatic heterocycles. The molecule has 0 bridgehead atoms. The van der Waals surface area contributed by atoms with E-state index < -0.39 is 74.5 Å². The number of aliphatic hydroxyl groups is 2. The van der Waals surface area contributed by atoms with Crippen LogP contribution in [-0.4, -0.2) is 44.5 Å². The van der Waals surface area contributed by atoms with Crippen molar-refractivity contribution < 1.29 is 37.3 Å². The summed E-state index contributed by atoms with van der Waals surface area (Å²) >= 11 is 5.87. The zero-order valence-corrected chi connectivity index (χ0v) is 26.2. The highest BCUT2D eigenvalue weighted by molar-refractivity contribution is 6.31. The molecule has 1 aliphatic carbocycles. The molecule has 0 saturated heterocycles. The van der Waals surface area contributed by atoms with Gasteiger partial charge in [0.25, 0.3) is 5.91 Å². The van der Waals surface area contributed by atoms with E-state index in [-0.39, 0.29) is 17.2 Å². The summed E-state index contributed by atoms with van der Waals surface area (Å²) in [5, 5.41) is 30.3. The van der Waals surface area contributed by atoms with Crippen LogP contribution in [0.3, 0.4) is 0 Å². The van der Waals surface area contributed by atoms with E-state index in [1.54, 1.807) is 12.1 Å². The summed E-state index contributed by atoms with van der Waals surface area (Å²) in [7, 11) is 1.44. The van der Waals surface area contributed by atoms with Crippen molar-refractivity contribution in [1.29, 1.82) is 0 Å². The second-order valence-corrected chi connectivity index (χ2v) is 12.4. The Morgan fingerprint density at radius 2 is 1.74 bits per heavy atom. The first kappa shape index (κ1) is 32.4. The topological polar surface area (TPSA) is 110 Å². The summed E-state index contributed by atoms with van der Waals surface area (Å²) < 4.78 is 68.7. The minimum atomic E-state index is -2.51. The van der Waals surface area contributed by atoms with Crippen molar-refractivity contribution in [2.24, 2.45) is 0 Å². The number of rotatable bonds is 9. The Morgan fingerprint density at radius 3 is 2.38 bits per heavy atom. The first-order valence-corrected chi connectivity index (χ1v) is 15.0. The molecule has 1 saturated carbocycles. The molecule has 0 radical (unpaired) electrons. The van der Waals surface area contributed by atoms with Crippen LogP contribution in [0.15, 0.2) is 60.8 Å². The van der Waals surface area contributed by atoms with Crippen molar-refractivity contribution in [3.05, 3.63) is 111 Å². The number of benzene rings is 3. The number of carbonyl (C=O) groups excluding carboxylic acids is 1. The zero-order valence-electron chi connectivity index (χ0n) is 25.4. The quantitative estimate of drug-likeness (QED) is 0.122. The van der Waals surface area contributed by atoms with Gasteiger partial charge in [-0.3, -0.25) is 9.48 Å². The summed E-state index contributed by atoms with van der Waals surface area (Å²) in [6, 6.07) is 12.1. The molecule has 3 N–H and O–H groups in total. The van der Waals surface area contributed by atoms with E-state index in [4.69, 9.17) is 16.3 Å². The van der Waals surface area contributed by atoms with E-state index in [0.717, 1.165) is 32.8 Å². The van der Waals surface area contributed by atoms with Gasteiger partial charge in [-0.1, -0.05) is 41.9 Å².